The molecule has 8 heteroatoms. The molecule has 1 aromatic rings. The van der Waals surface area contributed by atoms with Crippen LogP contribution in [0.2, 0.25) is 0 Å². The fraction of sp³-hybridized carbons (Fsp3) is 0.650. The van der Waals surface area contributed by atoms with Gasteiger partial charge in [0, 0.05) is 37.5 Å². The van der Waals surface area contributed by atoms with Crippen LogP contribution in [0.3, 0.4) is 0 Å². The Kier molecular flexibility index (Phi) is 7.79. The normalized spacial score (nSPS) is 23.4. The van der Waals surface area contributed by atoms with E-state index >= 15 is 0 Å². The van der Waals surface area contributed by atoms with Crippen molar-refractivity contribution in [3.63, 3.8) is 0 Å². The lowest BCUT2D eigenvalue weighted by Crippen LogP contribution is -2.48. The van der Waals surface area contributed by atoms with E-state index in [1.165, 1.54) is 11.8 Å². The summed E-state index contributed by atoms with van der Waals surface area (Å²) in [5, 5.41) is 0.0436. The van der Waals surface area contributed by atoms with Gasteiger partial charge in [-0.15, -0.1) is 11.8 Å². The summed E-state index contributed by atoms with van der Waals surface area (Å²) in [5.41, 5.74) is 1.11. The molecule has 156 valence electrons. The fourth-order valence-electron chi connectivity index (χ4n) is 3.69. The number of sulfone groups is 1. The number of ether oxygens (including phenoxy) is 1. The highest BCUT2D eigenvalue weighted by Crippen LogP contribution is 2.25. The molecule has 2 unspecified atom stereocenters. The molecule has 0 N–H and O–H groups in total. The number of amides is 1. The summed E-state index contributed by atoms with van der Waals surface area (Å²) in [5.74, 6) is 0.867. The van der Waals surface area contributed by atoms with Crippen LogP contribution in [0.15, 0.2) is 30.3 Å². The zero-order chi connectivity index (χ0) is 20.0. The van der Waals surface area contributed by atoms with Crippen molar-refractivity contribution in [1.82, 2.24) is 9.80 Å². The molecule has 2 saturated heterocycles. The molecule has 0 saturated carbocycles. The van der Waals surface area contributed by atoms with Crippen LogP contribution in [-0.4, -0.2) is 85.5 Å². The van der Waals surface area contributed by atoms with Crippen LogP contribution in [0, 0.1) is 0 Å². The standard InChI is InChI=1S/C20H30N2O4S2/c1-17(13-21-8-10-26-11-9-21)22(14-18-5-3-2-4-6-18)20(23)15-27-19-7-12-28(24,25)16-19/h2-6,17,19H,7-16H2,1H3. The van der Waals surface area contributed by atoms with E-state index in [2.05, 4.69) is 11.8 Å². The largest absolute Gasteiger partial charge is 0.379 e. The average Bonchev–Trinajstić information content (AvgIpc) is 3.04. The summed E-state index contributed by atoms with van der Waals surface area (Å²) in [4.78, 5) is 17.4. The van der Waals surface area contributed by atoms with Gasteiger partial charge in [0.1, 0.15) is 0 Å². The quantitative estimate of drug-likeness (QED) is 0.630. The number of hydrogen-bond acceptors (Lipinski definition) is 6. The van der Waals surface area contributed by atoms with Gasteiger partial charge in [-0.05, 0) is 18.9 Å². The second-order valence-electron chi connectivity index (χ2n) is 7.61. The number of hydrogen-bond donors (Lipinski definition) is 0. The smallest absolute Gasteiger partial charge is 0.233 e. The lowest BCUT2D eigenvalue weighted by atomic mass is 10.1. The lowest BCUT2D eigenvalue weighted by Gasteiger charge is -2.35. The molecule has 0 radical (unpaired) electrons. The highest BCUT2D eigenvalue weighted by molar-refractivity contribution is 8.02. The van der Waals surface area contributed by atoms with Gasteiger partial charge >= 0.3 is 0 Å². The van der Waals surface area contributed by atoms with E-state index in [9.17, 15) is 13.2 Å². The monoisotopic (exact) mass is 426 g/mol. The van der Waals surface area contributed by atoms with Crippen LogP contribution < -0.4 is 0 Å². The van der Waals surface area contributed by atoms with Gasteiger partial charge in [0.2, 0.25) is 5.91 Å². The highest BCUT2D eigenvalue weighted by Gasteiger charge is 2.30. The van der Waals surface area contributed by atoms with Gasteiger partial charge in [-0.25, -0.2) is 8.42 Å². The molecule has 2 heterocycles. The molecule has 0 aliphatic carbocycles. The molecule has 2 atom stereocenters. The van der Waals surface area contributed by atoms with E-state index in [4.69, 9.17) is 4.74 Å². The van der Waals surface area contributed by atoms with E-state index in [-0.39, 0.29) is 28.7 Å². The molecule has 3 rings (SSSR count). The maximum atomic E-state index is 13.1. The summed E-state index contributed by atoms with van der Waals surface area (Å²) < 4.78 is 28.8. The van der Waals surface area contributed by atoms with Crippen molar-refractivity contribution >= 4 is 27.5 Å². The van der Waals surface area contributed by atoms with Crippen molar-refractivity contribution in [2.75, 3.05) is 50.1 Å². The number of thioether (sulfide) groups is 1. The molecule has 6 nitrogen and oxygen atoms in total. The Morgan fingerprint density at radius 3 is 2.64 bits per heavy atom. The Hall–Kier alpha value is -1.09. The number of carbonyl (C=O) groups is 1. The molecular weight excluding hydrogens is 396 g/mol. The Bertz CT molecular complexity index is 736. The summed E-state index contributed by atoms with van der Waals surface area (Å²) in [6.07, 6.45) is 0.655. The van der Waals surface area contributed by atoms with Gasteiger partial charge in [-0.1, -0.05) is 30.3 Å². The van der Waals surface area contributed by atoms with Crippen LogP contribution in [0.4, 0.5) is 0 Å². The summed E-state index contributed by atoms with van der Waals surface area (Å²) in [7, 11) is -2.91. The van der Waals surface area contributed by atoms with Gasteiger partial charge in [0.05, 0.1) is 30.5 Å². The number of morpholine rings is 1. The number of rotatable bonds is 8. The molecule has 2 aliphatic rings. The van der Waals surface area contributed by atoms with Gasteiger partial charge in [0.25, 0.3) is 0 Å². The first-order valence-corrected chi connectivity index (χ1v) is 12.8. The number of benzene rings is 1. The SMILES string of the molecule is CC(CN1CCOCC1)N(Cc1ccccc1)C(=O)CSC1CCS(=O)(=O)C1. The molecule has 2 aliphatic heterocycles. The van der Waals surface area contributed by atoms with E-state index < -0.39 is 9.84 Å². The summed E-state index contributed by atoms with van der Waals surface area (Å²) in [6.45, 7) is 6.77. The van der Waals surface area contributed by atoms with Crippen LogP contribution in [0.5, 0.6) is 0 Å². The third-order valence-corrected chi connectivity index (χ3v) is 8.57. The van der Waals surface area contributed by atoms with E-state index in [1.54, 1.807) is 0 Å². The topological polar surface area (TPSA) is 66.9 Å². The van der Waals surface area contributed by atoms with E-state index in [1.807, 2.05) is 35.2 Å². The third kappa shape index (κ3) is 6.47. The molecule has 0 spiro atoms. The Balaban J connectivity index is 1.61. The van der Waals surface area contributed by atoms with Gasteiger partial charge < -0.3 is 9.64 Å². The van der Waals surface area contributed by atoms with Gasteiger partial charge in [-0.3, -0.25) is 9.69 Å². The summed E-state index contributed by atoms with van der Waals surface area (Å²) in [6, 6.07) is 10.1. The van der Waals surface area contributed by atoms with E-state index in [0.717, 1.165) is 38.4 Å². The maximum absolute atomic E-state index is 13.1. The van der Waals surface area contributed by atoms with Crippen molar-refractivity contribution < 1.29 is 17.9 Å². The first-order valence-electron chi connectivity index (χ1n) is 9.88. The Labute approximate surface area is 172 Å². The highest BCUT2D eigenvalue weighted by atomic mass is 32.2. The van der Waals surface area contributed by atoms with Crippen LogP contribution in [0.1, 0.15) is 18.9 Å². The van der Waals surface area contributed by atoms with Crippen LogP contribution in [0.25, 0.3) is 0 Å². The van der Waals surface area contributed by atoms with Crippen molar-refractivity contribution in [1.29, 1.82) is 0 Å². The molecule has 1 amide bonds. The van der Waals surface area contributed by atoms with Crippen molar-refractivity contribution in [3.05, 3.63) is 35.9 Å². The maximum Gasteiger partial charge on any atom is 0.233 e. The van der Waals surface area contributed by atoms with Gasteiger partial charge in [0.15, 0.2) is 9.84 Å². The third-order valence-electron chi connectivity index (χ3n) is 5.31. The Morgan fingerprint density at radius 2 is 2.00 bits per heavy atom. The fourth-order valence-corrected chi connectivity index (χ4v) is 7.22. The summed E-state index contributed by atoms with van der Waals surface area (Å²) >= 11 is 1.49. The zero-order valence-corrected chi connectivity index (χ0v) is 18.1. The first-order chi connectivity index (χ1) is 13.4. The van der Waals surface area contributed by atoms with Crippen LogP contribution in [-0.2, 0) is 25.9 Å². The molecular formula is C20H30N2O4S2. The second-order valence-corrected chi connectivity index (χ2v) is 11.1. The second kappa shape index (κ2) is 10.1. The molecule has 28 heavy (non-hydrogen) atoms. The molecule has 0 aromatic heterocycles. The minimum Gasteiger partial charge on any atom is -0.379 e. The molecule has 2 fully saturated rings. The number of nitrogens with zero attached hydrogens (tertiary/aromatic N) is 2. The van der Waals surface area contributed by atoms with Crippen molar-refractivity contribution in [3.8, 4) is 0 Å². The molecule has 1 aromatic carbocycles. The van der Waals surface area contributed by atoms with Crippen molar-refractivity contribution in [2.45, 2.75) is 31.2 Å². The molecule has 0 bridgehead atoms. The predicted octanol–water partition coefficient (Wildman–Crippen LogP) is 1.66. The number of carbonyl (C=O) groups excluding carboxylic acids is 1. The minimum atomic E-state index is -2.91. The lowest BCUT2D eigenvalue weighted by molar-refractivity contribution is -0.131. The first kappa shape index (κ1) is 21.6. The average molecular weight is 427 g/mol. The van der Waals surface area contributed by atoms with Gasteiger partial charge in [-0.2, -0.15) is 0 Å². The Morgan fingerprint density at radius 1 is 1.29 bits per heavy atom. The zero-order valence-electron chi connectivity index (χ0n) is 16.5. The van der Waals surface area contributed by atoms with Crippen LogP contribution >= 0.6 is 11.8 Å². The van der Waals surface area contributed by atoms with Crippen molar-refractivity contribution in [2.24, 2.45) is 0 Å². The minimum absolute atomic E-state index is 0.0436. The predicted molar refractivity (Wildman–Crippen MR) is 113 cm³/mol. The van der Waals surface area contributed by atoms with E-state index in [0.29, 0.717) is 18.7 Å².